The van der Waals surface area contributed by atoms with E-state index >= 15 is 0 Å². The molecule has 0 fully saturated rings. The van der Waals surface area contributed by atoms with Gasteiger partial charge >= 0.3 is 5.97 Å². The number of aromatic nitrogens is 2. The lowest BCUT2D eigenvalue weighted by atomic mass is 10.1. The molecule has 2 heterocycles. The molecule has 0 aliphatic carbocycles. The normalized spacial score (nSPS) is 11.5. The number of imidazole rings is 1. The van der Waals surface area contributed by atoms with Crippen molar-refractivity contribution in [2.24, 2.45) is 0 Å². The zero-order chi connectivity index (χ0) is 25.5. The van der Waals surface area contributed by atoms with E-state index in [2.05, 4.69) is 15.6 Å². The van der Waals surface area contributed by atoms with Gasteiger partial charge in [-0.05, 0) is 45.2 Å². The third-order valence-corrected chi connectivity index (χ3v) is 5.81. The van der Waals surface area contributed by atoms with Crippen LogP contribution in [0.5, 0.6) is 5.75 Å². The molecule has 3 aromatic rings. The number of carbonyl (C=O) groups excluding carboxylic acids is 3. The van der Waals surface area contributed by atoms with Crippen molar-refractivity contribution in [1.82, 2.24) is 20.0 Å². The number of pyridine rings is 1. The molecule has 3 rings (SSSR count). The first kappa shape index (κ1) is 29.4. The molecule has 0 bridgehead atoms. The number of aryl methyl sites for hydroxylation is 1. The second kappa shape index (κ2) is 13.5. The van der Waals surface area contributed by atoms with E-state index < -0.39 is 23.9 Å². The molecule has 12 heteroatoms. The third-order valence-electron chi connectivity index (χ3n) is 5.07. The predicted molar refractivity (Wildman–Crippen MR) is 139 cm³/mol. The summed E-state index contributed by atoms with van der Waals surface area (Å²) in [6.07, 6.45) is 2.79. The minimum Gasteiger partial charge on any atom is -0.467 e. The highest BCUT2D eigenvalue weighted by Gasteiger charge is 2.24. The average Bonchev–Trinajstić information content (AvgIpc) is 3.21. The van der Waals surface area contributed by atoms with Crippen LogP contribution in [-0.4, -0.2) is 47.2 Å². The number of benzene rings is 1. The van der Waals surface area contributed by atoms with Crippen LogP contribution in [-0.2, 0) is 14.3 Å². The summed E-state index contributed by atoms with van der Waals surface area (Å²) in [6, 6.07) is 6.64. The second-order valence-electron chi connectivity index (χ2n) is 7.60. The number of ketones is 1. The first-order chi connectivity index (χ1) is 16.7. The van der Waals surface area contributed by atoms with Crippen LogP contribution >= 0.6 is 35.6 Å². The lowest BCUT2D eigenvalue weighted by Crippen LogP contribution is -2.30. The van der Waals surface area contributed by atoms with Crippen molar-refractivity contribution in [3.63, 3.8) is 0 Å². The molecule has 0 aliphatic heterocycles. The first-order valence-electron chi connectivity index (χ1n) is 11.0. The van der Waals surface area contributed by atoms with Gasteiger partial charge < -0.3 is 19.2 Å². The van der Waals surface area contributed by atoms with E-state index in [-0.39, 0.29) is 49.0 Å². The van der Waals surface area contributed by atoms with Crippen LogP contribution in [0, 0.1) is 6.92 Å². The highest BCUT2D eigenvalue weighted by molar-refractivity contribution is 6.38. The Morgan fingerprint density at radius 1 is 1.17 bits per heavy atom. The standard InChI is InChI=1S/C24H26Cl2N4O5.ClH/c1-4-34-20(33)10-9-19(32)28-12-17(31)15-7-8-16(25)21(22(15)26)24(27-3)35-18-6-5-11-30-13-14(2)29-23(18)30;/h5-8,11,13,24,27H,4,9-10,12H2,1-3H3,(H,28,32);1H. The summed E-state index contributed by atoms with van der Waals surface area (Å²) in [6.45, 7) is 3.51. The number of fused-ring (bicyclic) bond motifs is 1. The van der Waals surface area contributed by atoms with Crippen molar-refractivity contribution in [3.05, 3.63) is 63.5 Å². The Morgan fingerprint density at radius 2 is 1.92 bits per heavy atom. The molecule has 0 saturated carbocycles. The van der Waals surface area contributed by atoms with E-state index in [0.29, 0.717) is 22.0 Å². The largest absolute Gasteiger partial charge is 0.467 e. The Bertz CT molecular complexity index is 1250. The van der Waals surface area contributed by atoms with Crippen LogP contribution in [0.4, 0.5) is 0 Å². The van der Waals surface area contributed by atoms with Gasteiger partial charge in [-0.25, -0.2) is 4.98 Å². The van der Waals surface area contributed by atoms with Crippen molar-refractivity contribution in [3.8, 4) is 5.75 Å². The molecular formula is C24H27Cl3N4O5. The van der Waals surface area contributed by atoms with Crippen LogP contribution in [0.3, 0.4) is 0 Å². The summed E-state index contributed by atoms with van der Waals surface area (Å²) in [7, 11) is 1.67. The van der Waals surface area contributed by atoms with E-state index in [4.69, 9.17) is 32.7 Å². The molecule has 2 aromatic heterocycles. The fourth-order valence-corrected chi connectivity index (χ4v) is 4.10. The number of carbonyl (C=O) groups is 3. The van der Waals surface area contributed by atoms with Crippen LogP contribution < -0.4 is 15.4 Å². The molecule has 0 radical (unpaired) electrons. The molecule has 1 atom stereocenters. The van der Waals surface area contributed by atoms with Gasteiger partial charge in [-0.1, -0.05) is 23.2 Å². The zero-order valence-electron chi connectivity index (χ0n) is 20.0. The first-order valence-corrected chi connectivity index (χ1v) is 11.7. The Morgan fingerprint density at radius 3 is 2.61 bits per heavy atom. The number of rotatable bonds is 11. The van der Waals surface area contributed by atoms with Gasteiger partial charge in [0.15, 0.2) is 23.4 Å². The van der Waals surface area contributed by atoms with Gasteiger partial charge in [0, 0.05) is 29.9 Å². The van der Waals surface area contributed by atoms with Gasteiger partial charge in [0.25, 0.3) is 0 Å². The number of esters is 1. The van der Waals surface area contributed by atoms with E-state index in [1.54, 1.807) is 26.1 Å². The smallest absolute Gasteiger partial charge is 0.306 e. The molecule has 1 aromatic carbocycles. The Balaban J connectivity index is 0.00000456. The van der Waals surface area contributed by atoms with Crippen molar-refractivity contribution in [2.45, 2.75) is 32.9 Å². The summed E-state index contributed by atoms with van der Waals surface area (Å²) in [4.78, 5) is 40.7. The Hall–Kier alpha value is -2.85. The van der Waals surface area contributed by atoms with Crippen LogP contribution in [0.25, 0.3) is 5.65 Å². The summed E-state index contributed by atoms with van der Waals surface area (Å²) in [5.41, 5.74) is 2.00. The fourth-order valence-electron chi connectivity index (χ4n) is 3.43. The van der Waals surface area contributed by atoms with Gasteiger partial charge in [0.05, 0.1) is 35.3 Å². The average molecular weight is 558 g/mol. The summed E-state index contributed by atoms with van der Waals surface area (Å²) in [5, 5.41) is 5.93. The van der Waals surface area contributed by atoms with Crippen LogP contribution in [0.15, 0.2) is 36.7 Å². The maximum Gasteiger partial charge on any atom is 0.306 e. The molecule has 0 spiro atoms. The number of Topliss-reactive ketones (excluding diaryl/α,β-unsaturated/α-hetero) is 1. The zero-order valence-corrected chi connectivity index (χ0v) is 22.3. The molecule has 0 saturated heterocycles. The lowest BCUT2D eigenvalue weighted by Gasteiger charge is -2.22. The molecule has 2 N–H and O–H groups in total. The highest BCUT2D eigenvalue weighted by atomic mass is 35.5. The maximum atomic E-state index is 12.8. The lowest BCUT2D eigenvalue weighted by molar-refractivity contribution is -0.144. The summed E-state index contributed by atoms with van der Waals surface area (Å²) < 4.78 is 12.8. The summed E-state index contributed by atoms with van der Waals surface area (Å²) in [5.74, 6) is -0.842. The predicted octanol–water partition coefficient (Wildman–Crippen LogP) is 4.31. The van der Waals surface area contributed by atoms with E-state index in [1.165, 1.54) is 6.07 Å². The summed E-state index contributed by atoms with van der Waals surface area (Å²) >= 11 is 13.0. The van der Waals surface area contributed by atoms with Crippen LogP contribution in [0.1, 0.15) is 47.6 Å². The van der Waals surface area contributed by atoms with E-state index in [1.807, 2.05) is 29.8 Å². The number of amides is 1. The van der Waals surface area contributed by atoms with Crippen molar-refractivity contribution in [2.75, 3.05) is 20.2 Å². The molecular weight excluding hydrogens is 531 g/mol. The van der Waals surface area contributed by atoms with E-state index in [9.17, 15) is 14.4 Å². The monoisotopic (exact) mass is 556 g/mol. The number of ether oxygens (including phenoxy) is 2. The molecule has 0 aliphatic rings. The topological polar surface area (TPSA) is 111 Å². The SMILES string of the molecule is CCOC(=O)CCC(=O)NCC(=O)c1ccc(Cl)c(C(NC)Oc2cccn3cc(C)nc23)c1Cl.Cl. The van der Waals surface area contributed by atoms with Crippen molar-refractivity contribution < 1.29 is 23.9 Å². The number of halogens is 3. The number of hydrogen-bond donors (Lipinski definition) is 2. The number of nitrogens with one attached hydrogen (secondary N) is 2. The molecule has 194 valence electrons. The van der Waals surface area contributed by atoms with Gasteiger partial charge in [0.2, 0.25) is 5.91 Å². The van der Waals surface area contributed by atoms with Crippen LogP contribution in [0.2, 0.25) is 10.0 Å². The molecule has 1 unspecified atom stereocenters. The molecule has 36 heavy (non-hydrogen) atoms. The Kier molecular flexibility index (Phi) is 11.0. The molecule has 1 amide bonds. The van der Waals surface area contributed by atoms with E-state index in [0.717, 1.165) is 5.69 Å². The fraction of sp³-hybridized carbons (Fsp3) is 0.333. The number of hydrogen-bond acceptors (Lipinski definition) is 7. The second-order valence-corrected chi connectivity index (χ2v) is 8.38. The van der Waals surface area contributed by atoms with Crippen molar-refractivity contribution in [1.29, 1.82) is 0 Å². The highest BCUT2D eigenvalue weighted by Crippen LogP contribution is 2.35. The minimum absolute atomic E-state index is 0. The van der Waals surface area contributed by atoms with Gasteiger partial charge in [0.1, 0.15) is 0 Å². The number of nitrogens with zero attached hydrogens (tertiary/aromatic N) is 2. The Labute approximate surface area is 224 Å². The van der Waals surface area contributed by atoms with Gasteiger partial charge in [-0.15, -0.1) is 12.4 Å². The van der Waals surface area contributed by atoms with Gasteiger partial charge in [-0.3, -0.25) is 19.7 Å². The third kappa shape index (κ3) is 7.10. The molecule has 9 nitrogen and oxygen atoms in total. The van der Waals surface area contributed by atoms with Gasteiger partial charge in [-0.2, -0.15) is 0 Å². The quantitative estimate of drug-likeness (QED) is 0.205. The maximum absolute atomic E-state index is 12.8. The minimum atomic E-state index is -0.787. The van der Waals surface area contributed by atoms with Crippen molar-refractivity contribution >= 4 is 58.9 Å².